The van der Waals surface area contributed by atoms with Gasteiger partial charge in [-0.3, -0.25) is 9.89 Å². The van der Waals surface area contributed by atoms with Crippen LogP contribution < -0.4 is 4.74 Å². The number of aromatic amines is 1. The van der Waals surface area contributed by atoms with Crippen LogP contribution in [0.4, 0.5) is 0 Å². The molecule has 0 saturated carbocycles. The van der Waals surface area contributed by atoms with Crippen molar-refractivity contribution in [2.24, 2.45) is 0 Å². The number of phenols is 1. The maximum Gasteiger partial charge on any atom is 0.273 e. The van der Waals surface area contributed by atoms with Gasteiger partial charge in [-0.2, -0.15) is 5.10 Å². The standard InChI is InChI=1S/C26H31N3O3/c1-5-7-13-32-19-10-8-18(9-11-19)24-21-22(20-15-16(3)14-17(4)25(20)30)27-28-23(21)26(31)29(24)12-6-2/h8-11,14-15,24,30H,5-7,12-13H2,1-4H3,(H,27,28). The Morgan fingerprint density at radius 1 is 1.12 bits per heavy atom. The molecule has 0 saturated heterocycles. The predicted octanol–water partition coefficient (Wildman–Crippen LogP) is 5.53. The number of carbonyl (C=O) groups excluding carboxylic acids is 1. The summed E-state index contributed by atoms with van der Waals surface area (Å²) < 4.78 is 5.82. The molecule has 1 aromatic heterocycles. The minimum atomic E-state index is -0.267. The van der Waals surface area contributed by atoms with Gasteiger partial charge in [0.15, 0.2) is 0 Å². The van der Waals surface area contributed by atoms with Gasteiger partial charge in [-0.1, -0.05) is 38.5 Å². The third kappa shape index (κ3) is 3.85. The number of nitrogens with zero attached hydrogens (tertiary/aromatic N) is 2. The van der Waals surface area contributed by atoms with Crippen molar-refractivity contribution in [3.8, 4) is 22.8 Å². The Morgan fingerprint density at radius 2 is 1.88 bits per heavy atom. The summed E-state index contributed by atoms with van der Waals surface area (Å²) in [6, 6.07) is 11.6. The highest BCUT2D eigenvalue weighted by atomic mass is 16.5. The fourth-order valence-corrected chi connectivity index (χ4v) is 4.44. The van der Waals surface area contributed by atoms with Crippen molar-refractivity contribution in [1.29, 1.82) is 0 Å². The molecule has 0 bridgehead atoms. The molecule has 0 spiro atoms. The molecular formula is C26H31N3O3. The van der Waals surface area contributed by atoms with Gasteiger partial charge in [0.1, 0.15) is 22.9 Å². The second kappa shape index (κ2) is 9.07. The van der Waals surface area contributed by atoms with Crippen molar-refractivity contribution in [2.45, 2.75) is 53.0 Å². The van der Waals surface area contributed by atoms with Crippen molar-refractivity contribution in [2.75, 3.05) is 13.2 Å². The topological polar surface area (TPSA) is 78.5 Å². The lowest BCUT2D eigenvalue weighted by Crippen LogP contribution is -2.30. The lowest BCUT2D eigenvalue weighted by atomic mass is 9.94. The molecule has 2 heterocycles. The molecule has 0 aliphatic carbocycles. The predicted molar refractivity (Wildman–Crippen MR) is 125 cm³/mol. The van der Waals surface area contributed by atoms with Crippen molar-refractivity contribution in [3.63, 3.8) is 0 Å². The Hall–Kier alpha value is -3.28. The fraction of sp³-hybridized carbons (Fsp3) is 0.385. The number of unbranched alkanes of at least 4 members (excludes halogenated alkanes) is 1. The summed E-state index contributed by atoms with van der Waals surface area (Å²) in [6.45, 7) is 9.41. The number of aromatic nitrogens is 2. The molecule has 6 heteroatoms. The molecule has 2 aromatic carbocycles. The van der Waals surface area contributed by atoms with Gasteiger partial charge in [-0.15, -0.1) is 0 Å². The van der Waals surface area contributed by atoms with E-state index in [9.17, 15) is 9.90 Å². The van der Waals surface area contributed by atoms with Gasteiger partial charge in [-0.05, 0) is 61.6 Å². The monoisotopic (exact) mass is 433 g/mol. The van der Waals surface area contributed by atoms with Crippen LogP contribution in [-0.2, 0) is 0 Å². The van der Waals surface area contributed by atoms with Crippen LogP contribution in [0.5, 0.6) is 11.5 Å². The molecule has 1 amide bonds. The number of H-pyrrole nitrogens is 1. The minimum Gasteiger partial charge on any atom is -0.507 e. The van der Waals surface area contributed by atoms with Gasteiger partial charge in [0.05, 0.1) is 12.6 Å². The zero-order valence-corrected chi connectivity index (χ0v) is 19.2. The van der Waals surface area contributed by atoms with E-state index < -0.39 is 0 Å². The largest absolute Gasteiger partial charge is 0.507 e. The zero-order valence-electron chi connectivity index (χ0n) is 19.2. The highest BCUT2D eigenvalue weighted by molar-refractivity contribution is 6.00. The van der Waals surface area contributed by atoms with E-state index in [2.05, 4.69) is 24.0 Å². The van der Waals surface area contributed by atoms with Gasteiger partial charge >= 0.3 is 0 Å². The van der Waals surface area contributed by atoms with Crippen molar-refractivity contribution < 1.29 is 14.6 Å². The minimum absolute atomic E-state index is 0.0577. The number of benzene rings is 2. The first-order valence-corrected chi connectivity index (χ1v) is 11.4. The fourth-order valence-electron chi connectivity index (χ4n) is 4.44. The quantitative estimate of drug-likeness (QED) is 0.458. The van der Waals surface area contributed by atoms with Crippen LogP contribution in [-0.4, -0.2) is 39.3 Å². The zero-order chi connectivity index (χ0) is 22.8. The van der Waals surface area contributed by atoms with Crippen LogP contribution in [0.3, 0.4) is 0 Å². The van der Waals surface area contributed by atoms with Crippen molar-refractivity contribution in [3.05, 3.63) is 64.3 Å². The first-order valence-electron chi connectivity index (χ1n) is 11.4. The van der Waals surface area contributed by atoms with Gasteiger partial charge in [0.2, 0.25) is 0 Å². The highest BCUT2D eigenvalue weighted by Crippen LogP contribution is 2.45. The Labute approximate surface area is 189 Å². The molecule has 1 aliphatic heterocycles. The number of fused-ring (bicyclic) bond motifs is 1. The molecule has 1 aliphatic rings. The third-order valence-electron chi connectivity index (χ3n) is 5.99. The molecule has 2 N–H and O–H groups in total. The van der Waals surface area contributed by atoms with Crippen LogP contribution in [0, 0.1) is 13.8 Å². The van der Waals surface area contributed by atoms with E-state index >= 15 is 0 Å². The molecule has 1 unspecified atom stereocenters. The first kappa shape index (κ1) is 21.9. The maximum atomic E-state index is 13.2. The van der Waals surface area contributed by atoms with Gasteiger partial charge in [0, 0.05) is 17.7 Å². The summed E-state index contributed by atoms with van der Waals surface area (Å²) in [4.78, 5) is 15.1. The lowest BCUT2D eigenvalue weighted by Gasteiger charge is -2.26. The summed E-state index contributed by atoms with van der Waals surface area (Å²) in [6.07, 6.45) is 2.96. The number of aryl methyl sites for hydroxylation is 2. The molecule has 4 rings (SSSR count). The van der Waals surface area contributed by atoms with Crippen molar-refractivity contribution >= 4 is 5.91 Å². The van der Waals surface area contributed by atoms with E-state index in [1.54, 1.807) is 0 Å². The Kier molecular flexibility index (Phi) is 6.21. The smallest absolute Gasteiger partial charge is 0.273 e. The molecule has 6 nitrogen and oxygen atoms in total. The number of amides is 1. The molecule has 32 heavy (non-hydrogen) atoms. The molecule has 1 atom stereocenters. The molecule has 3 aromatic rings. The number of nitrogens with one attached hydrogen (secondary N) is 1. The SMILES string of the molecule is CCCCOc1ccc(C2c3c(-c4cc(C)cc(C)c4O)n[nH]c3C(=O)N2CCC)cc1. The molecule has 0 fully saturated rings. The number of aromatic hydroxyl groups is 1. The Morgan fingerprint density at radius 3 is 2.56 bits per heavy atom. The van der Waals surface area contributed by atoms with Gasteiger partial charge in [-0.25, -0.2) is 0 Å². The summed E-state index contributed by atoms with van der Waals surface area (Å²) in [5.41, 5.74) is 5.42. The number of rotatable bonds is 8. The summed E-state index contributed by atoms with van der Waals surface area (Å²) >= 11 is 0. The average Bonchev–Trinajstić information content (AvgIpc) is 3.31. The number of phenolic OH excluding ortho intramolecular Hbond substituents is 1. The van der Waals surface area contributed by atoms with Crippen LogP contribution in [0.25, 0.3) is 11.3 Å². The van der Waals surface area contributed by atoms with Gasteiger partial charge in [0.25, 0.3) is 5.91 Å². The summed E-state index contributed by atoms with van der Waals surface area (Å²) in [7, 11) is 0. The molecule has 0 radical (unpaired) electrons. The average molecular weight is 434 g/mol. The van der Waals surface area contributed by atoms with Gasteiger partial charge < -0.3 is 14.7 Å². The maximum absolute atomic E-state index is 13.2. The summed E-state index contributed by atoms with van der Waals surface area (Å²) in [5, 5.41) is 18.2. The number of carbonyl (C=O) groups is 1. The third-order valence-corrected chi connectivity index (χ3v) is 5.99. The number of hydrogen-bond donors (Lipinski definition) is 2. The molecule has 168 valence electrons. The van der Waals surface area contributed by atoms with E-state index in [4.69, 9.17) is 4.74 Å². The second-order valence-corrected chi connectivity index (χ2v) is 8.51. The molecular weight excluding hydrogens is 402 g/mol. The van der Waals surface area contributed by atoms with Crippen LogP contribution in [0.15, 0.2) is 36.4 Å². The van der Waals surface area contributed by atoms with E-state index in [1.165, 1.54) is 0 Å². The van der Waals surface area contributed by atoms with Crippen LogP contribution >= 0.6 is 0 Å². The highest BCUT2D eigenvalue weighted by Gasteiger charge is 2.42. The van der Waals surface area contributed by atoms with Crippen LogP contribution in [0.1, 0.15) is 71.9 Å². The number of ether oxygens (including phenoxy) is 1. The lowest BCUT2D eigenvalue weighted by molar-refractivity contribution is 0.0744. The van der Waals surface area contributed by atoms with Crippen molar-refractivity contribution in [1.82, 2.24) is 15.1 Å². The Balaban J connectivity index is 1.79. The van der Waals surface area contributed by atoms with E-state index in [0.29, 0.717) is 30.1 Å². The second-order valence-electron chi connectivity index (χ2n) is 8.51. The number of hydrogen-bond acceptors (Lipinski definition) is 4. The Bertz CT molecular complexity index is 1120. The van der Waals surface area contributed by atoms with E-state index in [-0.39, 0.29) is 17.7 Å². The van der Waals surface area contributed by atoms with E-state index in [1.807, 2.05) is 55.1 Å². The first-order chi connectivity index (χ1) is 15.5. The van der Waals surface area contributed by atoms with E-state index in [0.717, 1.165) is 47.3 Å². The van der Waals surface area contributed by atoms with Crippen LogP contribution in [0.2, 0.25) is 0 Å². The summed E-state index contributed by atoms with van der Waals surface area (Å²) in [5.74, 6) is 0.968. The normalized spacial score (nSPS) is 15.3.